The fourth-order valence-corrected chi connectivity index (χ4v) is 1.78. The number of nitrogens with one attached hydrogen (secondary N) is 1. The summed E-state index contributed by atoms with van der Waals surface area (Å²) >= 11 is 5.92. The van der Waals surface area contributed by atoms with Crippen molar-refractivity contribution in [2.24, 2.45) is 7.05 Å². The molecule has 0 bridgehead atoms. The van der Waals surface area contributed by atoms with E-state index in [1.54, 1.807) is 16.9 Å². The molecule has 0 atom stereocenters. The van der Waals surface area contributed by atoms with E-state index >= 15 is 0 Å². The van der Waals surface area contributed by atoms with Gasteiger partial charge in [0, 0.05) is 30.4 Å². The van der Waals surface area contributed by atoms with Crippen LogP contribution in [0.15, 0.2) is 30.5 Å². The number of aromatic nitrogens is 2. The lowest BCUT2D eigenvalue weighted by Gasteiger charge is -2.07. The Morgan fingerprint density at radius 1 is 1.44 bits per heavy atom. The molecule has 0 amide bonds. The van der Waals surface area contributed by atoms with Gasteiger partial charge >= 0.3 is 0 Å². The zero-order valence-corrected chi connectivity index (χ0v) is 9.70. The SMILES string of the molecule is Cn1nccc1NCc1cc(N)cc(Cl)c1. The van der Waals surface area contributed by atoms with Gasteiger partial charge in [-0.3, -0.25) is 4.68 Å². The van der Waals surface area contributed by atoms with E-state index in [2.05, 4.69) is 10.4 Å². The number of hydrogen-bond acceptors (Lipinski definition) is 3. The third-order valence-electron chi connectivity index (χ3n) is 2.27. The molecular formula is C11H13ClN4. The fourth-order valence-electron chi connectivity index (χ4n) is 1.52. The molecule has 2 rings (SSSR count). The Morgan fingerprint density at radius 3 is 2.88 bits per heavy atom. The van der Waals surface area contributed by atoms with Crippen LogP contribution in [0, 0.1) is 0 Å². The molecule has 0 radical (unpaired) electrons. The first kappa shape index (κ1) is 10.8. The number of nitrogen functional groups attached to an aromatic ring is 1. The Bertz CT molecular complexity index is 472. The summed E-state index contributed by atoms with van der Waals surface area (Å²) in [5.74, 6) is 0.957. The maximum atomic E-state index is 5.92. The minimum Gasteiger partial charge on any atom is -0.399 e. The minimum atomic E-state index is 0.654. The summed E-state index contributed by atoms with van der Waals surface area (Å²) in [6.45, 7) is 0.671. The van der Waals surface area contributed by atoms with Crippen molar-refractivity contribution in [3.8, 4) is 0 Å². The van der Waals surface area contributed by atoms with Crippen LogP contribution in [0.3, 0.4) is 0 Å². The molecule has 0 unspecified atom stereocenters. The average molecular weight is 237 g/mol. The monoisotopic (exact) mass is 236 g/mol. The highest BCUT2D eigenvalue weighted by Crippen LogP contribution is 2.17. The number of benzene rings is 1. The molecule has 1 heterocycles. The van der Waals surface area contributed by atoms with Crippen LogP contribution < -0.4 is 11.1 Å². The Kier molecular flexibility index (Phi) is 3.01. The first-order valence-electron chi connectivity index (χ1n) is 4.92. The Morgan fingerprint density at radius 2 is 2.25 bits per heavy atom. The van der Waals surface area contributed by atoms with E-state index in [0.717, 1.165) is 11.4 Å². The van der Waals surface area contributed by atoms with Gasteiger partial charge in [0.25, 0.3) is 0 Å². The van der Waals surface area contributed by atoms with E-state index in [1.165, 1.54) is 0 Å². The number of nitrogens with zero attached hydrogens (tertiary/aromatic N) is 2. The van der Waals surface area contributed by atoms with Gasteiger partial charge in [0.2, 0.25) is 0 Å². The molecule has 4 nitrogen and oxygen atoms in total. The highest BCUT2D eigenvalue weighted by atomic mass is 35.5. The molecule has 0 aliphatic rings. The van der Waals surface area contributed by atoms with Crippen molar-refractivity contribution in [1.82, 2.24) is 9.78 Å². The highest BCUT2D eigenvalue weighted by Gasteiger charge is 2.00. The molecule has 2 aromatic rings. The van der Waals surface area contributed by atoms with Crippen molar-refractivity contribution in [1.29, 1.82) is 0 Å². The predicted molar refractivity (Wildman–Crippen MR) is 66.4 cm³/mol. The normalized spacial score (nSPS) is 10.4. The third-order valence-corrected chi connectivity index (χ3v) is 2.49. The van der Waals surface area contributed by atoms with E-state index in [0.29, 0.717) is 17.3 Å². The van der Waals surface area contributed by atoms with Crippen molar-refractivity contribution in [2.45, 2.75) is 6.54 Å². The Labute approximate surface area is 99.0 Å². The van der Waals surface area contributed by atoms with Crippen LogP contribution in [0.25, 0.3) is 0 Å². The topological polar surface area (TPSA) is 55.9 Å². The van der Waals surface area contributed by atoms with E-state index < -0.39 is 0 Å². The van der Waals surface area contributed by atoms with Gasteiger partial charge in [-0.15, -0.1) is 0 Å². The Hall–Kier alpha value is -1.68. The molecule has 0 saturated carbocycles. The standard InChI is InChI=1S/C11H13ClN4/c1-16-11(2-3-15-16)14-7-8-4-9(12)6-10(13)5-8/h2-6,14H,7,13H2,1H3. The second kappa shape index (κ2) is 4.45. The molecule has 3 N–H and O–H groups in total. The van der Waals surface area contributed by atoms with Crippen LogP contribution in [0.4, 0.5) is 11.5 Å². The number of anilines is 2. The summed E-state index contributed by atoms with van der Waals surface area (Å²) in [7, 11) is 1.88. The first-order chi connectivity index (χ1) is 7.65. The molecule has 0 saturated heterocycles. The summed E-state index contributed by atoms with van der Waals surface area (Å²) in [5.41, 5.74) is 7.43. The number of halogens is 1. The summed E-state index contributed by atoms with van der Waals surface area (Å²) in [6.07, 6.45) is 1.74. The lowest BCUT2D eigenvalue weighted by atomic mass is 10.2. The number of nitrogens with two attached hydrogens (primary N) is 1. The molecule has 5 heteroatoms. The Balaban J connectivity index is 2.07. The molecule has 1 aromatic heterocycles. The van der Waals surface area contributed by atoms with Crippen molar-refractivity contribution in [3.05, 3.63) is 41.0 Å². The molecule has 0 fully saturated rings. The molecule has 0 aliphatic heterocycles. The van der Waals surface area contributed by atoms with Crippen LogP contribution in [-0.4, -0.2) is 9.78 Å². The number of aryl methyl sites for hydroxylation is 1. The van der Waals surface area contributed by atoms with Gasteiger partial charge in [-0.25, -0.2) is 0 Å². The van der Waals surface area contributed by atoms with E-state index in [4.69, 9.17) is 17.3 Å². The lowest BCUT2D eigenvalue weighted by molar-refractivity contribution is 0.769. The lowest BCUT2D eigenvalue weighted by Crippen LogP contribution is -2.04. The maximum Gasteiger partial charge on any atom is 0.124 e. The second-order valence-corrected chi connectivity index (χ2v) is 4.02. The molecule has 16 heavy (non-hydrogen) atoms. The maximum absolute atomic E-state index is 5.92. The van der Waals surface area contributed by atoms with Crippen LogP contribution in [0.5, 0.6) is 0 Å². The zero-order valence-electron chi connectivity index (χ0n) is 8.94. The largest absolute Gasteiger partial charge is 0.399 e. The number of rotatable bonds is 3. The summed E-state index contributed by atoms with van der Waals surface area (Å²) in [6, 6.07) is 7.43. The molecule has 84 valence electrons. The fraction of sp³-hybridized carbons (Fsp3) is 0.182. The van der Waals surface area contributed by atoms with Crippen molar-refractivity contribution >= 4 is 23.1 Å². The summed E-state index contributed by atoms with van der Waals surface area (Å²) in [5, 5.41) is 7.97. The van der Waals surface area contributed by atoms with Crippen LogP contribution >= 0.6 is 11.6 Å². The molecule has 0 aliphatic carbocycles. The zero-order chi connectivity index (χ0) is 11.5. The van der Waals surface area contributed by atoms with E-state index in [1.807, 2.05) is 25.2 Å². The van der Waals surface area contributed by atoms with Crippen LogP contribution in [-0.2, 0) is 13.6 Å². The highest BCUT2D eigenvalue weighted by molar-refractivity contribution is 6.30. The van der Waals surface area contributed by atoms with E-state index in [-0.39, 0.29) is 0 Å². The van der Waals surface area contributed by atoms with Gasteiger partial charge in [0.05, 0.1) is 6.20 Å². The minimum absolute atomic E-state index is 0.654. The van der Waals surface area contributed by atoms with Gasteiger partial charge in [0.1, 0.15) is 5.82 Å². The second-order valence-electron chi connectivity index (χ2n) is 3.59. The van der Waals surface area contributed by atoms with Gasteiger partial charge in [-0.05, 0) is 23.8 Å². The molecule has 0 spiro atoms. The molecular weight excluding hydrogens is 224 g/mol. The average Bonchev–Trinajstić information content (AvgIpc) is 2.59. The van der Waals surface area contributed by atoms with Crippen LogP contribution in [0.1, 0.15) is 5.56 Å². The first-order valence-corrected chi connectivity index (χ1v) is 5.30. The van der Waals surface area contributed by atoms with Gasteiger partial charge in [-0.1, -0.05) is 11.6 Å². The van der Waals surface area contributed by atoms with Gasteiger partial charge in [-0.2, -0.15) is 5.10 Å². The van der Waals surface area contributed by atoms with Gasteiger partial charge in [0.15, 0.2) is 0 Å². The van der Waals surface area contributed by atoms with E-state index in [9.17, 15) is 0 Å². The van der Waals surface area contributed by atoms with Crippen LogP contribution in [0.2, 0.25) is 5.02 Å². The third kappa shape index (κ3) is 2.46. The van der Waals surface area contributed by atoms with Crippen molar-refractivity contribution in [2.75, 3.05) is 11.1 Å². The number of hydrogen-bond donors (Lipinski definition) is 2. The van der Waals surface area contributed by atoms with Crippen molar-refractivity contribution < 1.29 is 0 Å². The smallest absolute Gasteiger partial charge is 0.124 e. The quantitative estimate of drug-likeness (QED) is 0.804. The van der Waals surface area contributed by atoms with Crippen molar-refractivity contribution in [3.63, 3.8) is 0 Å². The molecule has 1 aromatic carbocycles. The predicted octanol–water partition coefficient (Wildman–Crippen LogP) is 2.27. The summed E-state index contributed by atoms with van der Waals surface area (Å²) in [4.78, 5) is 0. The van der Waals surface area contributed by atoms with Gasteiger partial charge < -0.3 is 11.1 Å². The summed E-state index contributed by atoms with van der Waals surface area (Å²) < 4.78 is 1.77.